The van der Waals surface area contributed by atoms with Crippen LogP contribution >= 0.6 is 0 Å². The molecule has 1 amide bonds. The number of carbonyl (C=O) groups excluding carboxylic acids is 1. The molecule has 1 heterocycles. The van der Waals surface area contributed by atoms with Gasteiger partial charge in [-0.2, -0.15) is 0 Å². The zero-order valence-corrected chi connectivity index (χ0v) is 22.2. The fourth-order valence-corrected chi connectivity index (χ4v) is 3.95. The minimum atomic E-state index is -0.988. The highest BCUT2D eigenvalue weighted by Gasteiger charge is 2.24. The lowest BCUT2D eigenvalue weighted by molar-refractivity contribution is -0.137. The van der Waals surface area contributed by atoms with Gasteiger partial charge in [-0.05, 0) is 50.1 Å². The summed E-state index contributed by atoms with van der Waals surface area (Å²) in [7, 11) is 0. The third kappa shape index (κ3) is 7.88. The molecular weight excluding hydrogens is 492 g/mol. The number of rotatable bonds is 9. The maximum Gasteiger partial charge on any atom is 0.415 e. The van der Waals surface area contributed by atoms with Crippen molar-refractivity contribution in [1.29, 1.82) is 0 Å². The first-order valence-electron chi connectivity index (χ1n) is 12.7. The van der Waals surface area contributed by atoms with E-state index in [9.17, 15) is 14.7 Å². The average molecular weight is 525 g/mol. The minimum Gasteiger partial charge on any atom is -0.480 e. The second kappa shape index (κ2) is 12.2. The monoisotopic (exact) mass is 524 g/mol. The third-order valence-electron chi connectivity index (χ3n) is 5.81. The van der Waals surface area contributed by atoms with Gasteiger partial charge in [-0.15, -0.1) is 0 Å². The molecule has 0 aliphatic rings. The van der Waals surface area contributed by atoms with Crippen LogP contribution < -0.4 is 10.2 Å². The molecule has 4 rings (SSSR count). The Morgan fingerprint density at radius 1 is 0.897 bits per heavy atom. The number of ether oxygens (including phenoxy) is 1. The van der Waals surface area contributed by atoms with E-state index in [1.54, 1.807) is 17.2 Å². The van der Waals surface area contributed by atoms with E-state index >= 15 is 0 Å². The van der Waals surface area contributed by atoms with E-state index < -0.39 is 23.7 Å². The van der Waals surface area contributed by atoms with Gasteiger partial charge in [0.15, 0.2) is 0 Å². The number of benzene rings is 3. The van der Waals surface area contributed by atoms with Crippen molar-refractivity contribution in [3.8, 4) is 11.3 Å². The van der Waals surface area contributed by atoms with E-state index in [4.69, 9.17) is 4.74 Å². The number of carboxylic acids is 1. The lowest BCUT2D eigenvalue weighted by Gasteiger charge is -2.27. The fourth-order valence-electron chi connectivity index (χ4n) is 3.95. The van der Waals surface area contributed by atoms with Crippen molar-refractivity contribution in [2.45, 2.75) is 45.4 Å². The van der Waals surface area contributed by atoms with Gasteiger partial charge in [-0.25, -0.2) is 19.6 Å². The molecule has 1 atom stereocenters. The Kier molecular flexibility index (Phi) is 8.56. The highest BCUT2D eigenvalue weighted by atomic mass is 16.6. The second-order valence-corrected chi connectivity index (χ2v) is 10.1. The van der Waals surface area contributed by atoms with E-state index in [1.165, 1.54) is 0 Å². The van der Waals surface area contributed by atoms with Crippen LogP contribution in [0.15, 0.2) is 97.2 Å². The molecule has 0 bridgehead atoms. The molecule has 0 spiro atoms. The predicted molar refractivity (Wildman–Crippen MR) is 152 cm³/mol. The van der Waals surface area contributed by atoms with Crippen molar-refractivity contribution < 1.29 is 19.4 Å². The van der Waals surface area contributed by atoms with Gasteiger partial charge >= 0.3 is 12.1 Å². The Balaban J connectivity index is 1.54. The molecule has 0 saturated heterocycles. The standard InChI is InChI=1S/C31H32N4O4/c1-31(2,3)39-30(38)35(21-23-12-8-5-9-13-23)25-16-14-24(15-17-25)26-18-19-32-29(33-26)34-27(28(36)37)20-22-10-6-4-7-11-22/h4-19,27H,20-21H2,1-3H3,(H,36,37)(H,32,33,34)/t27-/m0/s1. The van der Waals surface area contributed by atoms with Crippen LogP contribution in [0.3, 0.4) is 0 Å². The van der Waals surface area contributed by atoms with Crippen molar-refractivity contribution >= 4 is 23.7 Å². The number of amides is 1. The number of aliphatic carboxylic acids is 1. The first-order chi connectivity index (χ1) is 18.7. The third-order valence-corrected chi connectivity index (χ3v) is 5.81. The van der Waals surface area contributed by atoms with Gasteiger partial charge in [-0.1, -0.05) is 72.8 Å². The van der Waals surface area contributed by atoms with Crippen molar-refractivity contribution in [2.24, 2.45) is 0 Å². The summed E-state index contributed by atoms with van der Waals surface area (Å²) in [6.45, 7) is 5.87. The Morgan fingerprint density at radius 2 is 1.51 bits per heavy atom. The summed E-state index contributed by atoms with van der Waals surface area (Å²) < 4.78 is 5.67. The van der Waals surface area contributed by atoms with Crippen LogP contribution in [-0.2, 0) is 22.5 Å². The number of carbonyl (C=O) groups is 2. The van der Waals surface area contributed by atoms with Gasteiger partial charge in [0.05, 0.1) is 12.2 Å². The van der Waals surface area contributed by atoms with Crippen molar-refractivity contribution in [3.63, 3.8) is 0 Å². The summed E-state index contributed by atoms with van der Waals surface area (Å²) >= 11 is 0. The molecule has 39 heavy (non-hydrogen) atoms. The average Bonchev–Trinajstić information content (AvgIpc) is 2.92. The van der Waals surface area contributed by atoms with Crippen LogP contribution in [0.4, 0.5) is 16.4 Å². The van der Waals surface area contributed by atoms with E-state index in [0.717, 1.165) is 16.7 Å². The molecule has 200 valence electrons. The largest absolute Gasteiger partial charge is 0.480 e. The van der Waals surface area contributed by atoms with Gasteiger partial charge in [0.25, 0.3) is 0 Å². The number of hydrogen-bond donors (Lipinski definition) is 2. The molecule has 0 saturated carbocycles. The molecule has 0 aliphatic carbocycles. The van der Waals surface area contributed by atoms with Crippen LogP contribution in [0.1, 0.15) is 31.9 Å². The fraction of sp³-hybridized carbons (Fsp3) is 0.226. The lowest BCUT2D eigenvalue weighted by Crippen LogP contribution is -2.36. The number of aromatic nitrogens is 2. The minimum absolute atomic E-state index is 0.222. The van der Waals surface area contributed by atoms with Gasteiger partial charge < -0.3 is 15.2 Å². The van der Waals surface area contributed by atoms with Crippen LogP contribution in [0, 0.1) is 0 Å². The SMILES string of the molecule is CC(C)(C)OC(=O)N(Cc1ccccc1)c1ccc(-c2ccnc(N[C@@H](Cc3ccccc3)C(=O)O)n2)cc1. The van der Waals surface area contributed by atoms with E-state index in [0.29, 0.717) is 24.3 Å². The van der Waals surface area contributed by atoms with Gasteiger partial charge in [0, 0.05) is 23.9 Å². The maximum absolute atomic E-state index is 13.1. The van der Waals surface area contributed by atoms with Gasteiger partial charge in [-0.3, -0.25) is 4.90 Å². The molecule has 1 aromatic heterocycles. The Labute approximate surface area is 228 Å². The van der Waals surface area contributed by atoms with Crippen molar-refractivity contribution in [1.82, 2.24) is 9.97 Å². The topological polar surface area (TPSA) is 105 Å². The summed E-state index contributed by atoms with van der Waals surface area (Å²) in [5.41, 5.74) is 3.33. The zero-order valence-electron chi connectivity index (χ0n) is 22.2. The van der Waals surface area contributed by atoms with Crippen molar-refractivity contribution in [2.75, 3.05) is 10.2 Å². The van der Waals surface area contributed by atoms with Crippen LogP contribution in [-0.4, -0.2) is 38.8 Å². The molecular formula is C31H32N4O4. The maximum atomic E-state index is 13.1. The smallest absolute Gasteiger partial charge is 0.415 e. The zero-order chi connectivity index (χ0) is 27.8. The summed E-state index contributed by atoms with van der Waals surface area (Å²) in [4.78, 5) is 35.3. The quantitative estimate of drug-likeness (QED) is 0.269. The Morgan fingerprint density at radius 3 is 2.10 bits per heavy atom. The molecule has 8 heteroatoms. The molecule has 0 unspecified atom stereocenters. The molecule has 8 nitrogen and oxygen atoms in total. The van der Waals surface area contributed by atoms with Gasteiger partial charge in [0.2, 0.25) is 5.95 Å². The molecule has 2 N–H and O–H groups in total. The van der Waals surface area contributed by atoms with Gasteiger partial charge in [0.1, 0.15) is 11.6 Å². The number of anilines is 2. The van der Waals surface area contributed by atoms with Crippen LogP contribution in [0.2, 0.25) is 0 Å². The Hall–Kier alpha value is -4.72. The van der Waals surface area contributed by atoms with Crippen LogP contribution in [0.25, 0.3) is 11.3 Å². The van der Waals surface area contributed by atoms with E-state index in [1.807, 2.05) is 106 Å². The predicted octanol–water partition coefficient (Wildman–Crippen LogP) is 6.19. The summed E-state index contributed by atoms with van der Waals surface area (Å²) in [6.07, 6.45) is 1.44. The summed E-state index contributed by atoms with van der Waals surface area (Å²) in [5.74, 6) is -0.766. The van der Waals surface area contributed by atoms with E-state index in [2.05, 4.69) is 15.3 Å². The molecule has 0 fully saturated rings. The molecule has 0 aliphatic heterocycles. The van der Waals surface area contributed by atoms with Crippen LogP contribution in [0.5, 0.6) is 0 Å². The molecule has 4 aromatic rings. The first-order valence-corrected chi connectivity index (χ1v) is 12.7. The highest BCUT2D eigenvalue weighted by Crippen LogP contribution is 2.25. The summed E-state index contributed by atoms with van der Waals surface area (Å²) in [5, 5.41) is 12.7. The number of nitrogens with zero attached hydrogens (tertiary/aromatic N) is 3. The van der Waals surface area contributed by atoms with Crippen molar-refractivity contribution in [3.05, 3.63) is 108 Å². The highest BCUT2D eigenvalue weighted by molar-refractivity contribution is 5.88. The summed E-state index contributed by atoms with van der Waals surface area (Å²) in [6, 6.07) is 27.4. The number of nitrogens with one attached hydrogen (secondary N) is 1. The second-order valence-electron chi connectivity index (χ2n) is 10.1. The molecule has 0 radical (unpaired) electrons. The number of carboxylic acid groups (broad SMARTS) is 1. The molecule has 3 aromatic carbocycles. The first kappa shape index (κ1) is 27.3. The normalized spacial score (nSPS) is 11.9. The lowest BCUT2D eigenvalue weighted by atomic mass is 10.1. The Bertz CT molecular complexity index is 1390. The number of hydrogen-bond acceptors (Lipinski definition) is 6. The van der Waals surface area contributed by atoms with E-state index in [-0.39, 0.29) is 5.95 Å².